The molecule has 1 N–H and O–H groups in total. The lowest BCUT2D eigenvalue weighted by Crippen LogP contribution is -2.36. The number of benzene rings is 1. The molecule has 1 atom stereocenters. The number of carbonyl (C=O) groups is 2. The largest absolute Gasteiger partial charge is 0.468 e. The molecule has 0 saturated heterocycles. The molecule has 1 amide bonds. The minimum absolute atomic E-state index is 0.291. The Hall–Kier alpha value is -1.84. The van der Waals surface area contributed by atoms with Gasteiger partial charge in [0.05, 0.1) is 7.11 Å². The molecule has 0 radical (unpaired) electrons. The van der Waals surface area contributed by atoms with Crippen LogP contribution in [0.2, 0.25) is 0 Å². The monoisotopic (exact) mass is 205 g/mol. The summed E-state index contributed by atoms with van der Waals surface area (Å²) in [5, 5.41) is 2.69. The molecular weight excluding hydrogens is 194 g/mol. The zero-order chi connectivity index (χ0) is 10.8. The van der Waals surface area contributed by atoms with Gasteiger partial charge in [0, 0.05) is 5.69 Å². The van der Waals surface area contributed by atoms with E-state index in [9.17, 15) is 9.59 Å². The van der Waals surface area contributed by atoms with Crippen LogP contribution in [0.1, 0.15) is 5.56 Å². The fourth-order valence-corrected chi connectivity index (χ4v) is 1.69. The second-order valence-electron chi connectivity index (χ2n) is 3.43. The Kier molecular flexibility index (Phi) is 2.41. The van der Waals surface area contributed by atoms with Crippen LogP contribution >= 0.6 is 0 Å². The van der Waals surface area contributed by atoms with E-state index in [2.05, 4.69) is 10.1 Å². The normalized spacial score (nSPS) is 19.0. The number of esters is 1. The Balaban J connectivity index is 2.29. The number of ether oxygens (including phenoxy) is 1. The van der Waals surface area contributed by atoms with E-state index in [1.54, 1.807) is 0 Å². The molecule has 2 rings (SSSR count). The third-order valence-electron chi connectivity index (χ3n) is 2.50. The maximum absolute atomic E-state index is 11.5. The Morgan fingerprint density at radius 1 is 1.47 bits per heavy atom. The van der Waals surface area contributed by atoms with Crippen LogP contribution in [-0.4, -0.2) is 19.0 Å². The molecule has 1 aliphatic rings. The van der Waals surface area contributed by atoms with Gasteiger partial charge in [0.25, 0.3) is 0 Å². The van der Waals surface area contributed by atoms with E-state index in [4.69, 9.17) is 0 Å². The summed E-state index contributed by atoms with van der Waals surface area (Å²) in [5.74, 6) is -1.49. The number of hydrogen-bond acceptors (Lipinski definition) is 3. The van der Waals surface area contributed by atoms with E-state index >= 15 is 0 Å². The summed E-state index contributed by atoms with van der Waals surface area (Å²) >= 11 is 0. The van der Waals surface area contributed by atoms with Crippen molar-refractivity contribution in [2.75, 3.05) is 12.4 Å². The van der Waals surface area contributed by atoms with Gasteiger partial charge >= 0.3 is 5.97 Å². The molecule has 4 nitrogen and oxygen atoms in total. The minimum Gasteiger partial charge on any atom is -0.468 e. The van der Waals surface area contributed by atoms with Gasteiger partial charge in [0.1, 0.15) is 5.92 Å². The molecule has 1 aromatic carbocycles. The zero-order valence-electron chi connectivity index (χ0n) is 8.32. The molecule has 78 valence electrons. The van der Waals surface area contributed by atoms with E-state index in [1.165, 1.54) is 7.11 Å². The Bertz CT molecular complexity index is 414. The summed E-state index contributed by atoms with van der Waals surface area (Å²) in [7, 11) is 1.29. The van der Waals surface area contributed by atoms with Crippen molar-refractivity contribution in [1.82, 2.24) is 0 Å². The van der Waals surface area contributed by atoms with Crippen LogP contribution in [0.15, 0.2) is 24.3 Å². The van der Waals surface area contributed by atoms with Crippen LogP contribution in [0.3, 0.4) is 0 Å². The highest BCUT2D eigenvalue weighted by atomic mass is 16.5. The number of methoxy groups -OCH3 is 1. The molecule has 15 heavy (non-hydrogen) atoms. The molecule has 1 aliphatic heterocycles. The SMILES string of the molecule is COC(=O)[C@H]1Cc2ccccc2NC1=O. The van der Waals surface area contributed by atoms with Gasteiger partial charge in [0.15, 0.2) is 0 Å². The highest BCUT2D eigenvalue weighted by Crippen LogP contribution is 2.25. The molecular formula is C11H11NO3. The fourth-order valence-electron chi connectivity index (χ4n) is 1.69. The first-order valence-corrected chi connectivity index (χ1v) is 4.69. The van der Waals surface area contributed by atoms with E-state index in [0.29, 0.717) is 6.42 Å². The third kappa shape index (κ3) is 1.70. The molecule has 0 aliphatic carbocycles. The van der Waals surface area contributed by atoms with Crippen LogP contribution in [0.25, 0.3) is 0 Å². The van der Waals surface area contributed by atoms with Crippen molar-refractivity contribution in [2.45, 2.75) is 6.42 Å². The molecule has 1 heterocycles. The molecule has 0 spiro atoms. The number of amides is 1. The Morgan fingerprint density at radius 2 is 2.20 bits per heavy atom. The molecule has 0 aromatic heterocycles. The summed E-state index contributed by atoms with van der Waals surface area (Å²) in [6.45, 7) is 0. The topological polar surface area (TPSA) is 55.4 Å². The van der Waals surface area contributed by atoms with Crippen molar-refractivity contribution in [3.8, 4) is 0 Å². The van der Waals surface area contributed by atoms with Gasteiger partial charge < -0.3 is 10.1 Å². The standard InChI is InChI=1S/C11H11NO3/c1-15-11(14)8-6-7-4-2-3-5-9(7)12-10(8)13/h2-5,8H,6H2,1H3,(H,12,13)/t8-/m0/s1. The van der Waals surface area contributed by atoms with Gasteiger partial charge in [-0.1, -0.05) is 18.2 Å². The van der Waals surface area contributed by atoms with Crippen molar-refractivity contribution in [3.05, 3.63) is 29.8 Å². The number of para-hydroxylation sites is 1. The predicted octanol–water partition coefficient (Wildman–Crippen LogP) is 0.970. The van der Waals surface area contributed by atoms with Crippen LogP contribution in [0.5, 0.6) is 0 Å². The van der Waals surface area contributed by atoms with Crippen molar-refractivity contribution in [3.63, 3.8) is 0 Å². The third-order valence-corrected chi connectivity index (χ3v) is 2.50. The first kappa shape index (κ1) is 9.71. The van der Waals surface area contributed by atoms with Crippen molar-refractivity contribution in [2.24, 2.45) is 5.92 Å². The average Bonchev–Trinajstić information content (AvgIpc) is 2.27. The van der Waals surface area contributed by atoms with Crippen molar-refractivity contribution in [1.29, 1.82) is 0 Å². The molecule has 0 unspecified atom stereocenters. The van der Waals surface area contributed by atoms with Gasteiger partial charge in [-0.05, 0) is 18.1 Å². The number of hydrogen-bond donors (Lipinski definition) is 1. The van der Waals surface area contributed by atoms with Crippen LogP contribution < -0.4 is 5.32 Å². The Morgan fingerprint density at radius 3 is 2.93 bits per heavy atom. The maximum atomic E-state index is 11.5. The zero-order valence-corrected chi connectivity index (χ0v) is 8.32. The molecule has 1 aromatic rings. The molecule has 0 bridgehead atoms. The lowest BCUT2D eigenvalue weighted by Gasteiger charge is -2.22. The van der Waals surface area contributed by atoms with Gasteiger partial charge in [-0.3, -0.25) is 9.59 Å². The van der Waals surface area contributed by atoms with Crippen molar-refractivity contribution < 1.29 is 14.3 Å². The summed E-state index contributed by atoms with van der Waals surface area (Å²) < 4.78 is 4.58. The summed E-state index contributed by atoms with van der Waals surface area (Å²) in [6, 6.07) is 7.44. The highest BCUT2D eigenvalue weighted by molar-refractivity contribution is 6.07. The first-order chi connectivity index (χ1) is 7.22. The van der Waals surface area contributed by atoms with Gasteiger partial charge in [-0.25, -0.2) is 0 Å². The van der Waals surface area contributed by atoms with Gasteiger partial charge in [-0.15, -0.1) is 0 Å². The molecule has 0 fully saturated rings. The fraction of sp³-hybridized carbons (Fsp3) is 0.273. The Labute approximate surface area is 87.2 Å². The second-order valence-corrected chi connectivity index (χ2v) is 3.43. The molecule has 0 saturated carbocycles. The van der Waals surface area contributed by atoms with E-state index in [-0.39, 0.29) is 5.91 Å². The number of carbonyl (C=O) groups excluding carboxylic acids is 2. The smallest absolute Gasteiger partial charge is 0.318 e. The van der Waals surface area contributed by atoms with E-state index in [0.717, 1.165) is 11.3 Å². The van der Waals surface area contributed by atoms with E-state index < -0.39 is 11.9 Å². The van der Waals surface area contributed by atoms with Crippen LogP contribution in [0.4, 0.5) is 5.69 Å². The number of fused-ring (bicyclic) bond motifs is 1. The lowest BCUT2D eigenvalue weighted by molar-refractivity contribution is -0.148. The summed E-state index contributed by atoms with van der Waals surface area (Å²) in [5.41, 5.74) is 1.75. The summed E-state index contributed by atoms with van der Waals surface area (Å²) in [4.78, 5) is 22.8. The average molecular weight is 205 g/mol. The predicted molar refractivity (Wildman–Crippen MR) is 54.3 cm³/mol. The number of nitrogens with one attached hydrogen (secondary N) is 1. The second kappa shape index (κ2) is 3.73. The van der Waals surface area contributed by atoms with Gasteiger partial charge in [0.2, 0.25) is 5.91 Å². The number of anilines is 1. The minimum atomic E-state index is -0.718. The van der Waals surface area contributed by atoms with Crippen LogP contribution in [0, 0.1) is 5.92 Å². The highest BCUT2D eigenvalue weighted by Gasteiger charge is 2.32. The maximum Gasteiger partial charge on any atom is 0.318 e. The van der Waals surface area contributed by atoms with Crippen LogP contribution in [-0.2, 0) is 20.7 Å². The van der Waals surface area contributed by atoms with Crippen molar-refractivity contribution >= 4 is 17.6 Å². The number of rotatable bonds is 1. The van der Waals surface area contributed by atoms with E-state index in [1.807, 2.05) is 24.3 Å². The molecule has 4 heteroatoms. The summed E-state index contributed by atoms with van der Waals surface area (Å²) in [6.07, 6.45) is 0.411. The lowest BCUT2D eigenvalue weighted by atomic mass is 9.93. The quantitative estimate of drug-likeness (QED) is 0.549. The van der Waals surface area contributed by atoms with Gasteiger partial charge in [-0.2, -0.15) is 0 Å². The first-order valence-electron chi connectivity index (χ1n) is 4.69.